The number of hydrogen-bond donors (Lipinski definition) is 0. The van der Waals surface area contributed by atoms with Gasteiger partial charge in [0.25, 0.3) is 0 Å². The van der Waals surface area contributed by atoms with Crippen LogP contribution in [0.25, 0.3) is 10.8 Å². The molecule has 8 heteroatoms. The van der Waals surface area contributed by atoms with E-state index in [1.807, 2.05) is 37.6 Å². The van der Waals surface area contributed by atoms with E-state index in [4.69, 9.17) is 4.74 Å². The Morgan fingerprint density at radius 2 is 1.88 bits per heavy atom. The molecule has 0 unspecified atom stereocenters. The van der Waals surface area contributed by atoms with E-state index in [-0.39, 0.29) is 5.91 Å². The number of carbonyl (C=O) groups is 1. The molecule has 0 atom stereocenters. The van der Waals surface area contributed by atoms with E-state index in [2.05, 4.69) is 22.3 Å². The van der Waals surface area contributed by atoms with Crippen molar-refractivity contribution in [1.29, 1.82) is 0 Å². The van der Waals surface area contributed by atoms with Crippen LogP contribution in [0.1, 0.15) is 5.56 Å². The van der Waals surface area contributed by atoms with Gasteiger partial charge in [-0.25, -0.2) is 0 Å². The average molecular weight is 406 g/mol. The van der Waals surface area contributed by atoms with Crippen LogP contribution in [0.4, 0.5) is 0 Å². The van der Waals surface area contributed by atoms with Crippen molar-refractivity contribution in [1.82, 2.24) is 15.1 Å². The summed E-state index contributed by atoms with van der Waals surface area (Å²) in [6.45, 7) is 0.577. The highest BCUT2D eigenvalue weighted by atomic mass is 32.2. The van der Waals surface area contributed by atoms with Crippen molar-refractivity contribution in [2.75, 3.05) is 26.2 Å². The predicted molar refractivity (Wildman–Crippen MR) is 109 cm³/mol. The van der Waals surface area contributed by atoms with Gasteiger partial charge in [0, 0.05) is 13.6 Å². The van der Waals surface area contributed by atoms with E-state index in [1.165, 1.54) is 23.1 Å². The molecule has 1 heterocycles. The molecular weight excluding hydrogens is 386 g/mol. The van der Waals surface area contributed by atoms with E-state index in [0.717, 1.165) is 30.8 Å². The molecule has 2 aromatic carbocycles. The Balaban J connectivity index is 1.60. The average Bonchev–Trinajstić information content (AvgIpc) is 3.13. The zero-order valence-corrected chi connectivity index (χ0v) is 17.2. The van der Waals surface area contributed by atoms with Crippen LogP contribution in [-0.2, 0) is 11.3 Å². The van der Waals surface area contributed by atoms with Crippen molar-refractivity contribution in [3.63, 3.8) is 0 Å². The first-order valence-electron chi connectivity index (χ1n) is 7.90. The Labute approximate surface area is 165 Å². The molecular formula is C18H19N3O2S3. The number of methoxy groups -OCH3 is 1. The second-order valence-electron chi connectivity index (χ2n) is 5.62. The van der Waals surface area contributed by atoms with Crippen molar-refractivity contribution in [2.45, 2.75) is 15.2 Å². The molecule has 5 nitrogen and oxygen atoms in total. The van der Waals surface area contributed by atoms with Crippen molar-refractivity contribution < 1.29 is 9.53 Å². The lowest BCUT2D eigenvalue weighted by Crippen LogP contribution is -2.27. The summed E-state index contributed by atoms with van der Waals surface area (Å²) in [6.07, 6.45) is 1.97. The summed E-state index contributed by atoms with van der Waals surface area (Å²) in [5.41, 5.74) is 1.10. The van der Waals surface area contributed by atoms with E-state index < -0.39 is 0 Å². The summed E-state index contributed by atoms with van der Waals surface area (Å²) in [5.74, 6) is 1.28. The number of fused-ring (bicyclic) bond motifs is 1. The first-order valence-corrected chi connectivity index (χ1v) is 10.9. The Morgan fingerprint density at radius 1 is 1.15 bits per heavy atom. The number of ether oxygens (including phenoxy) is 1. The molecule has 1 aromatic heterocycles. The van der Waals surface area contributed by atoms with Crippen LogP contribution in [0, 0.1) is 0 Å². The molecule has 26 heavy (non-hydrogen) atoms. The number of thioether (sulfide) groups is 2. The fraction of sp³-hybridized carbons (Fsp3) is 0.278. The molecule has 0 aliphatic heterocycles. The monoisotopic (exact) mass is 405 g/mol. The minimum Gasteiger partial charge on any atom is -0.497 e. The number of rotatable bonds is 7. The van der Waals surface area contributed by atoms with Crippen LogP contribution in [0.2, 0.25) is 0 Å². The molecule has 3 rings (SSSR count). The number of carbonyl (C=O) groups excluding carboxylic acids is 1. The summed E-state index contributed by atoms with van der Waals surface area (Å²) in [7, 11) is 3.49. The fourth-order valence-electron chi connectivity index (χ4n) is 2.43. The van der Waals surface area contributed by atoms with Gasteiger partial charge in [0.05, 0.1) is 12.9 Å². The first kappa shape index (κ1) is 19.0. The summed E-state index contributed by atoms with van der Waals surface area (Å²) < 4.78 is 7.00. The molecule has 0 spiro atoms. The maximum atomic E-state index is 12.4. The smallest absolute Gasteiger partial charge is 0.233 e. The van der Waals surface area contributed by atoms with Gasteiger partial charge in [0.2, 0.25) is 5.91 Å². The summed E-state index contributed by atoms with van der Waals surface area (Å²) >= 11 is 4.52. The van der Waals surface area contributed by atoms with Gasteiger partial charge in [-0.15, -0.1) is 10.2 Å². The van der Waals surface area contributed by atoms with Gasteiger partial charge in [0.15, 0.2) is 8.68 Å². The number of aromatic nitrogens is 2. The zero-order valence-electron chi connectivity index (χ0n) is 14.8. The lowest BCUT2D eigenvalue weighted by Gasteiger charge is -2.17. The second kappa shape index (κ2) is 8.75. The van der Waals surface area contributed by atoms with Gasteiger partial charge in [-0.2, -0.15) is 0 Å². The van der Waals surface area contributed by atoms with Gasteiger partial charge in [0.1, 0.15) is 5.75 Å². The maximum Gasteiger partial charge on any atom is 0.233 e. The van der Waals surface area contributed by atoms with Crippen LogP contribution in [0.3, 0.4) is 0 Å². The quantitative estimate of drug-likeness (QED) is 0.550. The highest BCUT2D eigenvalue weighted by Gasteiger charge is 2.12. The predicted octanol–water partition coefficient (Wildman–Crippen LogP) is 4.17. The van der Waals surface area contributed by atoms with Crippen LogP contribution in [-0.4, -0.2) is 47.2 Å². The van der Waals surface area contributed by atoms with E-state index in [9.17, 15) is 4.79 Å². The van der Waals surface area contributed by atoms with Gasteiger partial charge < -0.3 is 9.64 Å². The molecule has 3 aromatic rings. The third-order valence-electron chi connectivity index (χ3n) is 3.84. The van der Waals surface area contributed by atoms with Crippen molar-refractivity contribution in [3.05, 3.63) is 42.0 Å². The zero-order chi connectivity index (χ0) is 18.5. The fourth-order valence-corrected chi connectivity index (χ4v) is 4.81. The first-order chi connectivity index (χ1) is 12.6. The van der Waals surface area contributed by atoms with Crippen molar-refractivity contribution in [2.24, 2.45) is 0 Å². The normalized spacial score (nSPS) is 10.9. The van der Waals surface area contributed by atoms with Crippen LogP contribution < -0.4 is 4.74 Å². The SMILES string of the molecule is COc1ccc2cc(CN(C)C(=O)CSc3nnc(SC)s3)ccc2c1. The summed E-state index contributed by atoms with van der Waals surface area (Å²) in [4.78, 5) is 14.1. The number of nitrogens with zero attached hydrogens (tertiary/aromatic N) is 3. The topological polar surface area (TPSA) is 55.3 Å². The third-order valence-corrected chi connectivity index (χ3v) is 6.86. The largest absolute Gasteiger partial charge is 0.497 e. The van der Waals surface area contributed by atoms with Gasteiger partial charge in [-0.05, 0) is 40.8 Å². The third kappa shape index (κ3) is 4.69. The number of hydrogen-bond acceptors (Lipinski definition) is 7. The Bertz CT molecular complexity index is 914. The maximum absolute atomic E-state index is 12.4. The molecule has 0 aliphatic rings. The Kier molecular flexibility index (Phi) is 6.39. The molecule has 136 valence electrons. The highest BCUT2D eigenvalue weighted by molar-refractivity contribution is 8.03. The van der Waals surface area contributed by atoms with Gasteiger partial charge >= 0.3 is 0 Å². The van der Waals surface area contributed by atoms with Crippen LogP contribution in [0.15, 0.2) is 45.1 Å². The molecule has 0 fully saturated rings. The minimum absolute atomic E-state index is 0.0747. The Morgan fingerprint density at radius 3 is 2.62 bits per heavy atom. The van der Waals surface area contributed by atoms with E-state index in [1.54, 1.807) is 23.8 Å². The van der Waals surface area contributed by atoms with Crippen molar-refractivity contribution in [3.8, 4) is 5.75 Å². The molecule has 0 saturated carbocycles. The molecule has 1 amide bonds. The summed E-state index contributed by atoms with van der Waals surface area (Å²) in [5, 5.41) is 10.4. The van der Waals surface area contributed by atoms with Gasteiger partial charge in [-0.1, -0.05) is 53.1 Å². The van der Waals surface area contributed by atoms with Crippen LogP contribution in [0.5, 0.6) is 5.75 Å². The molecule has 0 bridgehead atoms. The lowest BCUT2D eigenvalue weighted by atomic mass is 10.1. The Hall–Kier alpha value is -1.77. The molecule has 0 saturated heterocycles. The van der Waals surface area contributed by atoms with Crippen molar-refractivity contribution >= 4 is 51.5 Å². The number of benzene rings is 2. The van der Waals surface area contributed by atoms with Crippen LogP contribution >= 0.6 is 34.9 Å². The van der Waals surface area contributed by atoms with Gasteiger partial charge in [-0.3, -0.25) is 4.79 Å². The standard InChI is InChI=1S/C18H19N3O2S3/c1-21(16(22)11-25-18-20-19-17(24-3)26-18)10-12-4-5-14-9-15(23-2)7-6-13(14)8-12/h4-9H,10-11H2,1-3H3. The number of amides is 1. The molecule has 0 aliphatic carbocycles. The highest BCUT2D eigenvalue weighted by Crippen LogP contribution is 2.27. The second-order valence-corrected chi connectivity index (χ2v) is 8.88. The lowest BCUT2D eigenvalue weighted by molar-refractivity contribution is -0.127. The molecule has 0 radical (unpaired) electrons. The van der Waals surface area contributed by atoms with E-state index >= 15 is 0 Å². The molecule has 0 N–H and O–H groups in total. The minimum atomic E-state index is 0.0747. The summed E-state index contributed by atoms with van der Waals surface area (Å²) in [6, 6.07) is 12.2. The van der Waals surface area contributed by atoms with E-state index in [0.29, 0.717) is 12.3 Å².